The highest BCUT2D eigenvalue weighted by molar-refractivity contribution is 7.91. The normalized spacial score (nSPS) is 22.0. The van der Waals surface area contributed by atoms with Crippen molar-refractivity contribution in [2.24, 2.45) is 0 Å². The molecule has 3 aromatic rings. The smallest absolute Gasteiger partial charge is 0.206 e. The lowest BCUT2D eigenvalue weighted by Crippen LogP contribution is -2.29. The summed E-state index contributed by atoms with van der Waals surface area (Å²) in [6.07, 6.45) is 0.789. The third kappa shape index (κ3) is 3.67. The number of benzene rings is 2. The Kier molecular flexibility index (Phi) is 4.85. The number of thiophene rings is 1. The van der Waals surface area contributed by atoms with Gasteiger partial charge in [-0.15, -0.1) is 11.3 Å². The van der Waals surface area contributed by atoms with Gasteiger partial charge in [0.15, 0.2) is 0 Å². The lowest BCUT2D eigenvalue weighted by Gasteiger charge is -2.12. The van der Waals surface area contributed by atoms with Crippen LogP contribution in [0.2, 0.25) is 10.0 Å². The molecule has 140 valence electrons. The van der Waals surface area contributed by atoms with Crippen LogP contribution in [-0.2, 0) is 15.4 Å². The Morgan fingerprint density at radius 2 is 1.81 bits per heavy atom. The molecule has 2 aromatic carbocycles. The van der Waals surface area contributed by atoms with Gasteiger partial charge in [-0.05, 0) is 36.2 Å². The number of hydrogen-bond acceptors (Lipinski definition) is 3. The molecule has 7 heteroatoms. The predicted octanol–water partition coefficient (Wildman–Crippen LogP) is 5.73. The molecule has 27 heavy (non-hydrogen) atoms. The molecule has 3 nitrogen and oxygen atoms in total. The minimum Gasteiger partial charge on any atom is -0.206 e. The van der Waals surface area contributed by atoms with Crippen LogP contribution in [-0.4, -0.2) is 14.5 Å². The van der Waals surface area contributed by atoms with Crippen molar-refractivity contribution in [2.75, 3.05) is 0 Å². The topological polar surface area (TPSA) is 46.2 Å². The molecule has 0 radical (unpaired) electrons. The van der Waals surface area contributed by atoms with Crippen LogP contribution >= 0.6 is 34.5 Å². The van der Waals surface area contributed by atoms with E-state index in [4.69, 9.17) is 23.2 Å². The van der Waals surface area contributed by atoms with Crippen LogP contribution in [0, 0.1) is 0 Å². The zero-order valence-corrected chi connectivity index (χ0v) is 17.6. The van der Waals surface area contributed by atoms with Crippen molar-refractivity contribution >= 4 is 44.6 Å². The molecule has 1 aromatic heterocycles. The maximum absolute atomic E-state index is 12.8. The quantitative estimate of drug-likeness (QED) is 0.553. The summed E-state index contributed by atoms with van der Waals surface area (Å²) >= 11 is 13.4. The standard InChI is InChI=1S/C20H17Cl2NO2S2/c1-20(13-5-3-2-4-6-13)12-18(20)23-27(24,25)19-10-9-17(26-19)15-8-7-14(21)11-16(15)22/h2-11,18,23H,12H2,1H3/t18-,20+/m0/s1. The van der Waals surface area contributed by atoms with Gasteiger partial charge >= 0.3 is 0 Å². The first-order valence-corrected chi connectivity index (χ1v) is 11.5. The Hall–Kier alpha value is -1.37. The van der Waals surface area contributed by atoms with Crippen LogP contribution in [0.25, 0.3) is 10.4 Å². The molecule has 2 atom stereocenters. The molecule has 0 saturated heterocycles. The number of halogens is 2. The van der Waals surface area contributed by atoms with Crippen molar-refractivity contribution in [3.63, 3.8) is 0 Å². The van der Waals surface area contributed by atoms with E-state index < -0.39 is 10.0 Å². The Labute approximate surface area is 173 Å². The van der Waals surface area contributed by atoms with Crippen LogP contribution in [0.15, 0.2) is 64.9 Å². The molecule has 0 aliphatic heterocycles. The largest absolute Gasteiger partial charge is 0.250 e. The van der Waals surface area contributed by atoms with Crippen LogP contribution in [0.5, 0.6) is 0 Å². The molecule has 1 saturated carbocycles. The molecule has 1 fully saturated rings. The monoisotopic (exact) mass is 437 g/mol. The summed E-state index contributed by atoms with van der Waals surface area (Å²) in [5.41, 5.74) is 1.76. The van der Waals surface area contributed by atoms with Crippen LogP contribution in [0.4, 0.5) is 0 Å². The Morgan fingerprint density at radius 1 is 1.07 bits per heavy atom. The third-order valence-corrected chi connectivity index (χ3v) is 8.64. The molecular weight excluding hydrogens is 421 g/mol. The highest BCUT2D eigenvalue weighted by atomic mass is 35.5. The van der Waals surface area contributed by atoms with Gasteiger partial charge in [-0.1, -0.05) is 66.5 Å². The Balaban J connectivity index is 1.55. The first-order chi connectivity index (χ1) is 12.8. The SMILES string of the molecule is C[C@]1(c2ccccc2)C[C@@H]1NS(=O)(=O)c1ccc(-c2ccc(Cl)cc2Cl)s1. The average molecular weight is 438 g/mol. The van der Waals surface area contributed by atoms with E-state index in [1.165, 1.54) is 11.3 Å². The maximum Gasteiger partial charge on any atom is 0.250 e. The molecule has 1 N–H and O–H groups in total. The number of sulfonamides is 1. The highest BCUT2D eigenvalue weighted by Gasteiger charge is 2.53. The van der Waals surface area contributed by atoms with E-state index in [2.05, 4.69) is 11.6 Å². The predicted molar refractivity (Wildman–Crippen MR) is 112 cm³/mol. The van der Waals surface area contributed by atoms with Crippen molar-refractivity contribution in [2.45, 2.75) is 29.0 Å². The van der Waals surface area contributed by atoms with Crippen LogP contribution in [0.1, 0.15) is 18.9 Å². The summed E-state index contributed by atoms with van der Waals surface area (Å²) in [4.78, 5) is 0.790. The highest BCUT2D eigenvalue weighted by Crippen LogP contribution is 2.48. The van der Waals surface area contributed by atoms with E-state index in [9.17, 15) is 8.42 Å². The van der Waals surface area contributed by atoms with Gasteiger partial charge in [-0.2, -0.15) is 0 Å². The van der Waals surface area contributed by atoms with E-state index in [0.29, 0.717) is 10.0 Å². The van der Waals surface area contributed by atoms with Gasteiger partial charge in [0.2, 0.25) is 10.0 Å². The molecule has 0 unspecified atom stereocenters. The van der Waals surface area contributed by atoms with Gasteiger partial charge in [0, 0.05) is 26.9 Å². The van der Waals surface area contributed by atoms with E-state index in [1.807, 2.05) is 30.3 Å². The van der Waals surface area contributed by atoms with Gasteiger partial charge < -0.3 is 0 Å². The van der Waals surface area contributed by atoms with Gasteiger partial charge in [0.25, 0.3) is 0 Å². The van der Waals surface area contributed by atoms with Crippen LogP contribution < -0.4 is 4.72 Å². The Bertz CT molecular complexity index is 1100. The van der Waals surface area contributed by atoms with E-state index in [1.54, 1.807) is 30.3 Å². The van der Waals surface area contributed by atoms with E-state index >= 15 is 0 Å². The minimum atomic E-state index is -3.58. The average Bonchev–Trinajstić information content (AvgIpc) is 3.05. The second-order valence-corrected chi connectivity index (χ2v) is 10.8. The summed E-state index contributed by atoms with van der Waals surface area (Å²) in [7, 11) is -3.58. The molecule has 1 aliphatic carbocycles. The second kappa shape index (κ2) is 6.90. The fraction of sp³-hybridized carbons (Fsp3) is 0.200. The molecule has 0 bridgehead atoms. The van der Waals surface area contributed by atoms with Crippen molar-refractivity contribution in [3.8, 4) is 10.4 Å². The number of nitrogens with one attached hydrogen (secondary N) is 1. The van der Waals surface area contributed by atoms with Gasteiger partial charge in [-0.3, -0.25) is 0 Å². The Morgan fingerprint density at radius 3 is 2.52 bits per heavy atom. The number of rotatable bonds is 5. The molecule has 0 spiro atoms. The third-order valence-electron chi connectivity index (χ3n) is 5.01. The van der Waals surface area contributed by atoms with Crippen molar-refractivity contribution in [3.05, 3.63) is 76.3 Å². The summed E-state index contributed by atoms with van der Waals surface area (Å²) in [6, 6.07) is 18.5. The fourth-order valence-corrected chi connectivity index (χ4v) is 6.50. The summed E-state index contributed by atoms with van der Waals surface area (Å²) in [6.45, 7) is 2.09. The summed E-state index contributed by atoms with van der Waals surface area (Å²) in [5, 5.41) is 1.05. The number of hydrogen-bond donors (Lipinski definition) is 1. The lowest BCUT2D eigenvalue weighted by molar-refractivity contribution is 0.576. The van der Waals surface area contributed by atoms with Crippen LogP contribution in [0.3, 0.4) is 0 Å². The van der Waals surface area contributed by atoms with Gasteiger partial charge in [-0.25, -0.2) is 13.1 Å². The van der Waals surface area contributed by atoms with Gasteiger partial charge in [0.1, 0.15) is 4.21 Å². The summed E-state index contributed by atoms with van der Waals surface area (Å²) in [5.74, 6) is 0. The van der Waals surface area contributed by atoms with E-state index in [0.717, 1.165) is 22.4 Å². The second-order valence-electron chi connectivity index (χ2n) is 6.90. The van der Waals surface area contributed by atoms with E-state index in [-0.39, 0.29) is 15.7 Å². The van der Waals surface area contributed by atoms with Crippen molar-refractivity contribution < 1.29 is 8.42 Å². The van der Waals surface area contributed by atoms with Gasteiger partial charge in [0.05, 0.1) is 5.02 Å². The zero-order chi connectivity index (χ0) is 19.2. The zero-order valence-electron chi connectivity index (χ0n) is 14.4. The minimum absolute atomic E-state index is 0.102. The summed E-state index contributed by atoms with van der Waals surface area (Å²) < 4.78 is 28.8. The van der Waals surface area contributed by atoms with Crippen molar-refractivity contribution in [1.29, 1.82) is 0 Å². The first-order valence-electron chi connectivity index (χ1n) is 8.43. The molecule has 0 amide bonds. The fourth-order valence-electron chi connectivity index (χ4n) is 3.22. The van der Waals surface area contributed by atoms with Crippen molar-refractivity contribution in [1.82, 2.24) is 4.72 Å². The lowest BCUT2D eigenvalue weighted by atomic mass is 9.98. The maximum atomic E-state index is 12.8. The molecule has 4 rings (SSSR count). The molecule has 1 aliphatic rings. The first kappa shape index (κ1) is 19.0. The molecule has 1 heterocycles. The molecular formula is C20H17Cl2NO2S2.